The first-order valence-corrected chi connectivity index (χ1v) is 6.77. The Kier molecular flexibility index (Phi) is 3.98. The molecule has 0 radical (unpaired) electrons. The Balaban J connectivity index is 1.96. The van der Waals surface area contributed by atoms with Crippen LogP contribution in [0.15, 0.2) is 12.4 Å². The van der Waals surface area contributed by atoms with Crippen molar-refractivity contribution in [1.29, 1.82) is 0 Å². The highest BCUT2D eigenvalue weighted by molar-refractivity contribution is 9.09. The number of alkyl halides is 1. The number of carbonyl (C=O) groups excluding carboxylic acids is 1. The maximum absolute atomic E-state index is 12.1. The number of halogens is 1. The average Bonchev–Trinajstić information content (AvgIpc) is 2.82. The van der Waals surface area contributed by atoms with Gasteiger partial charge >= 0.3 is 0 Å². The molecule has 1 amide bonds. The number of H-pyrrole nitrogens is 1. The Morgan fingerprint density at radius 2 is 2.56 bits per heavy atom. The van der Waals surface area contributed by atoms with E-state index in [0.29, 0.717) is 11.5 Å². The number of nitrogens with zero attached hydrogens (tertiary/aromatic N) is 2. The summed E-state index contributed by atoms with van der Waals surface area (Å²) in [7, 11) is 0. The van der Waals surface area contributed by atoms with Crippen molar-refractivity contribution in [1.82, 2.24) is 15.1 Å². The van der Waals surface area contributed by atoms with E-state index < -0.39 is 0 Å². The summed E-state index contributed by atoms with van der Waals surface area (Å²) in [6, 6.07) is 0. The highest BCUT2D eigenvalue weighted by Gasteiger charge is 2.24. The van der Waals surface area contributed by atoms with Crippen molar-refractivity contribution >= 4 is 21.8 Å². The van der Waals surface area contributed by atoms with Crippen LogP contribution in [0.1, 0.15) is 29.6 Å². The normalized spacial score (nSPS) is 21.1. The lowest BCUT2D eigenvalue weighted by molar-refractivity contribution is 0.0672. The highest BCUT2D eigenvalue weighted by atomic mass is 79.9. The molecule has 0 aromatic carbocycles. The molecule has 1 aromatic heterocycles. The van der Waals surface area contributed by atoms with Crippen LogP contribution in [0.5, 0.6) is 0 Å². The van der Waals surface area contributed by atoms with E-state index >= 15 is 0 Å². The van der Waals surface area contributed by atoms with Gasteiger partial charge in [0, 0.05) is 24.6 Å². The van der Waals surface area contributed by atoms with E-state index in [1.54, 1.807) is 12.4 Å². The fourth-order valence-corrected chi connectivity index (χ4v) is 2.84. The number of aromatic amines is 1. The second kappa shape index (κ2) is 5.48. The Morgan fingerprint density at radius 1 is 1.69 bits per heavy atom. The first kappa shape index (κ1) is 11.6. The minimum absolute atomic E-state index is 0.105. The summed E-state index contributed by atoms with van der Waals surface area (Å²) < 4.78 is 0. The van der Waals surface area contributed by atoms with Gasteiger partial charge in [0.25, 0.3) is 5.91 Å². The maximum Gasteiger partial charge on any atom is 0.257 e. The summed E-state index contributed by atoms with van der Waals surface area (Å²) >= 11 is 3.46. The molecule has 5 heteroatoms. The monoisotopic (exact) mass is 285 g/mol. The lowest BCUT2D eigenvalue weighted by Crippen LogP contribution is -2.39. The van der Waals surface area contributed by atoms with Gasteiger partial charge in [-0.15, -0.1) is 0 Å². The van der Waals surface area contributed by atoms with Gasteiger partial charge in [0.1, 0.15) is 0 Å². The van der Waals surface area contributed by atoms with Crippen LogP contribution >= 0.6 is 15.9 Å². The van der Waals surface area contributed by atoms with Gasteiger partial charge in [0.2, 0.25) is 0 Å². The van der Waals surface area contributed by atoms with Crippen molar-refractivity contribution < 1.29 is 4.79 Å². The van der Waals surface area contributed by atoms with Crippen molar-refractivity contribution in [2.75, 3.05) is 18.4 Å². The van der Waals surface area contributed by atoms with Gasteiger partial charge in [-0.05, 0) is 25.2 Å². The number of amides is 1. The summed E-state index contributed by atoms with van der Waals surface area (Å²) in [5.41, 5.74) is 0.666. The zero-order valence-corrected chi connectivity index (χ0v) is 10.7. The van der Waals surface area contributed by atoms with Gasteiger partial charge < -0.3 is 4.90 Å². The molecule has 1 aliphatic rings. The quantitative estimate of drug-likeness (QED) is 0.864. The third kappa shape index (κ3) is 2.64. The highest BCUT2D eigenvalue weighted by Crippen LogP contribution is 2.21. The fourth-order valence-electron chi connectivity index (χ4n) is 2.19. The summed E-state index contributed by atoms with van der Waals surface area (Å²) in [5, 5.41) is 7.51. The van der Waals surface area contributed by atoms with Crippen molar-refractivity contribution in [3.63, 3.8) is 0 Å². The molecular weight excluding hydrogens is 270 g/mol. The summed E-state index contributed by atoms with van der Waals surface area (Å²) in [6.45, 7) is 1.76. The lowest BCUT2D eigenvalue weighted by Gasteiger charge is -2.32. The van der Waals surface area contributed by atoms with Crippen LogP contribution in [0.25, 0.3) is 0 Å². The topological polar surface area (TPSA) is 49.0 Å². The first-order chi connectivity index (χ1) is 7.81. The summed E-state index contributed by atoms with van der Waals surface area (Å²) in [4.78, 5) is 14.0. The molecule has 2 rings (SSSR count). The van der Waals surface area contributed by atoms with Crippen molar-refractivity contribution in [3.8, 4) is 0 Å². The molecular formula is C11H16BrN3O. The van der Waals surface area contributed by atoms with Gasteiger partial charge in [-0.1, -0.05) is 15.9 Å². The standard InChI is InChI=1S/C11H16BrN3O/c12-4-3-9-2-1-5-15(8-9)11(16)10-6-13-14-7-10/h6-7,9H,1-5,8H2,(H,13,14). The van der Waals surface area contributed by atoms with Crippen LogP contribution in [0.4, 0.5) is 0 Å². The van der Waals surface area contributed by atoms with Crippen LogP contribution in [-0.4, -0.2) is 39.4 Å². The van der Waals surface area contributed by atoms with Gasteiger partial charge in [-0.2, -0.15) is 5.10 Å². The zero-order chi connectivity index (χ0) is 11.4. The van der Waals surface area contributed by atoms with Gasteiger partial charge in [0.15, 0.2) is 0 Å². The number of hydrogen-bond acceptors (Lipinski definition) is 2. The molecule has 0 spiro atoms. The van der Waals surface area contributed by atoms with Crippen molar-refractivity contribution in [2.45, 2.75) is 19.3 Å². The molecule has 1 N–H and O–H groups in total. The third-order valence-corrected chi connectivity index (χ3v) is 3.53. The van der Waals surface area contributed by atoms with E-state index in [2.05, 4.69) is 26.1 Å². The first-order valence-electron chi connectivity index (χ1n) is 5.65. The van der Waals surface area contributed by atoms with E-state index in [9.17, 15) is 4.79 Å². The number of hydrogen-bond donors (Lipinski definition) is 1. The molecule has 88 valence electrons. The van der Waals surface area contributed by atoms with Gasteiger partial charge in [-0.25, -0.2) is 0 Å². The second-order valence-electron chi connectivity index (χ2n) is 4.22. The summed E-state index contributed by atoms with van der Waals surface area (Å²) in [5.74, 6) is 0.747. The largest absolute Gasteiger partial charge is 0.338 e. The molecule has 1 aromatic rings. The van der Waals surface area contributed by atoms with E-state index in [1.165, 1.54) is 6.42 Å². The number of aromatic nitrogens is 2. The maximum atomic E-state index is 12.1. The number of carbonyl (C=O) groups is 1. The molecule has 0 aliphatic carbocycles. The Labute approximate surface area is 104 Å². The molecule has 1 fully saturated rings. The Hall–Kier alpha value is -0.840. The van der Waals surface area contributed by atoms with E-state index in [-0.39, 0.29) is 5.91 Å². The van der Waals surface area contributed by atoms with E-state index in [4.69, 9.17) is 0 Å². The minimum Gasteiger partial charge on any atom is -0.338 e. The molecule has 1 saturated heterocycles. The Morgan fingerprint density at radius 3 is 3.25 bits per heavy atom. The third-order valence-electron chi connectivity index (χ3n) is 3.07. The van der Waals surface area contributed by atoms with E-state index in [1.807, 2.05) is 4.90 Å². The molecule has 16 heavy (non-hydrogen) atoms. The van der Waals surface area contributed by atoms with Crippen LogP contribution in [0.2, 0.25) is 0 Å². The van der Waals surface area contributed by atoms with Crippen molar-refractivity contribution in [3.05, 3.63) is 18.0 Å². The number of piperidine rings is 1. The predicted octanol–water partition coefficient (Wildman–Crippen LogP) is 2.05. The molecule has 2 heterocycles. The second-order valence-corrected chi connectivity index (χ2v) is 5.02. The van der Waals surface area contributed by atoms with E-state index in [0.717, 1.165) is 31.3 Å². The van der Waals surface area contributed by atoms with Crippen LogP contribution in [-0.2, 0) is 0 Å². The molecule has 4 nitrogen and oxygen atoms in total. The van der Waals surface area contributed by atoms with Crippen LogP contribution in [0, 0.1) is 5.92 Å². The number of likely N-dealkylation sites (tertiary alicyclic amines) is 1. The zero-order valence-electron chi connectivity index (χ0n) is 9.16. The fraction of sp³-hybridized carbons (Fsp3) is 0.636. The minimum atomic E-state index is 0.105. The van der Waals surface area contributed by atoms with Gasteiger partial charge in [0.05, 0.1) is 11.8 Å². The Bertz CT molecular complexity index is 337. The lowest BCUT2D eigenvalue weighted by atomic mass is 9.95. The molecule has 0 bridgehead atoms. The number of rotatable bonds is 3. The average molecular weight is 286 g/mol. The van der Waals surface area contributed by atoms with Crippen LogP contribution < -0.4 is 0 Å². The number of nitrogens with one attached hydrogen (secondary N) is 1. The summed E-state index contributed by atoms with van der Waals surface area (Å²) in [6.07, 6.45) is 6.75. The van der Waals surface area contributed by atoms with Crippen LogP contribution in [0.3, 0.4) is 0 Å². The molecule has 1 aliphatic heterocycles. The SMILES string of the molecule is O=C(c1cn[nH]c1)N1CCCC(CCBr)C1. The van der Waals surface area contributed by atoms with Gasteiger partial charge in [-0.3, -0.25) is 9.89 Å². The molecule has 1 unspecified atom stereocenters. The smallest absolute Gasteiger partial charge is 0.257 e. The molecule has 1 atom stereocenters. The predicted molar refractivity (Wildman–Crippen MR) is 65.6 cm³/mol. The van der Waals surface area contributed by atoms with Crippen molar-refractivity contribution in [2.24, 2.45) is 5.92 Å². The molecule has 0 saturated carbocycles.